The summed E-state index contributed by atoms with van der Waals surface area (Å²) < 4.78 is 0. The third-order valence-electron chi connectivity index (χ3n) is 2.63. The summed E-state index contributed by atoms with van der Waals surface area (Å²) >= 11 is 1.72. The molecule has 14 heavy (non-hydrogen) atoms. The molecule has 0 amide bonds. The number of amidine groups is 1. The molecular formula is C11H22N2S. The van der Waals surface area contributed by atoms with Gasteiger partial charge in [0.25, 0.3) is 0 Å². The van der Waals surface area contributed by atoms with Crippen LogP contribution in [0.2, 0.25) is 0 Å². The number of hydrogen-bond acceptors (Lipinski definition) is 3. The lowest BCUT2D eigenvalue weighted by Crippen LogP contribution is -2.28. The van der Waals surface area contributed by atoms with Crippen LogP contribution in [0.25, 0.3) is 0 Å². The Kier molecular flexibility index (Phi) is 6.08. The third kappa shape index (κ3) is 4.36. The number of nitrogens with zero attached hydrogens (tertiary/aromatic N) is 1. The van der Waals surface area contributed by atoms with Crippen LogP contribution in [0.1, 0.15) is 45.4 Å². The molecule has 1 rings (SSSR count). The predicted octanol–water partition coefficient (Wildman–Crippen LogP) is 3.04. The van der Waals surface area contributed by atoms with Crippen molar-refractivity contribution in [3.05, 3.63) is 0 Å². The van der Waals surface area contributed by atoms with E-state index in [2.05, 4.69) is 23.5 Å². The Morgan fingerprint density at radius 3 is 2.79 bits per heavy atom. The van der Waals surface area contributed by atoms with E-state index in [-0.39, 0.29) is 0 Å². The SMILES string of the molecule is CCCCCCCC1CN=C(SC)N1. The molecule has 1 heterocycles. The van der Waals surface area contributed by atoms with Gasteiger partial charge in [0.1, 0.15) is 0 Å². The fourth-order valence-electron chi connectivity index (χ4n) is 1.74. The van der Waals surface area contributed by atoms with Crippen LogP contribution in [0.3, 0.4) is 0 Å². The Balaban J connectivity index is 1.94. The van der Waals surface area contributed by atoms with Gasteiger partial charge in [0.15, 0.2) is 5.17 Å². The van der Waals surface area contributed by atoms with Gasteiger partial charge in [-0.25, -0.2) is 0 Å². The molecule has 0 saturated carbocycles. The van der Waals surface area contributed by atoms with E-state index in [0.717, 1.165) is 11.7 Å². The molecule has 0 aromatic rings. The second-order valence-corrected chi connectivity index (χ2v) is 4.69. The van der Waals surface area contributed by atoms with Crippen LogP contribution in [0.15, 0.2) is 4.99 Å². The van der Waals surface area contributed by atoms with Crippen LogP contribution < -0.4 is 5.32 Å². The van der Waals surface area contributed by atoms with Crippen molar-refractivity contribution in [1.82, 2.24) is 5.32 Å². The van der Waals surface area contributed by atoms with Gasteiger partial charge in [-0.15, -0.1) is 0 Å². The summed E-state index contributed by atoms with van der Waals surface area (Å²) in [6.07, 6.45) is 10.2. The minimum atomic E-state index is 0.624. The zero-order valence-corrected chi connectivity index (χ0v) is 10.2. The van der Waals surface area contributed by atoms with Gasteiger partial charge in [-0.1, -0.05) is 50.8 Å². The third-order valence-corrected chi connectivity index (χ3v) is 3.27. The first kappa shape index (κ1) is 11.9. The summed E-state index contributed by atoms with van der Waals surface area (Å²) in [6.45, 7) is 3.25. The summed E-state index contributed by atoms with van der Waals surface area (Å²) in [5.74, 6) is 0. The van der Waals surface area contributed by atoms with E-state index in [1.807, 2.05) is 0 Å². The van der Waals surface area contributed by atoms with Crippen molar-refractivity contribution in [3.63, 3.8) is 0 Å². The van der Waals surface area contributed by atoms with Crippen molar-refractivity contribution in [2.24, 2.45) is 4.99 Å². The summed E-state index contributed by atoms with van der Waals surface area (Å²) in [5.41, 5.74) is 0. The minimum absolute atomic E-state index is 0.624. The topological polar surface area (TPSA) is 24.4 Å². The number of nitrogens with one attached hydrogen (secondary N) is 1. The molecule has 0 aromatic heterocycles. The van der Waals surface area contributed by atoms with Gasteiger partial charge in [0, 0.05) is 6.04 Å². The van der Waals surface area contributed by atoms with E-state index in [4.69, 9.17) is 0 Å². The van der Waals surface area contributed by atoms with Crippen molar-refractivity contribution in [1.29, 1.82) is 0 Å². The molecule has 3 heteroatoms. The van der Waals surface area contributed by atoms with Gasteiger partial charge in [-0.2, -0.15) is 0 Å². The summed E-state index contributed by atoms with van der Waals surface area (Å²) in [4.78, 5) is 4.42. The number of thioether (sulfide) groups is 1. The van der Waals surface area contributed by atoms with E-state index in [1.54, 1.807) is 11.8 Å². The van der Waals surface area contributed by atoms with Gasteiger partial charge in [0.2, 0.25) is 0 Å². The molecular weight excluding hydrogens is 192 g/mol. The average molecular weight is 214 g/mol. The van der Waals surface area contributed by atoms with E-state index in [0.29, 0.717) is 6.04 Å². The maximum absolute atomic E-state index is 4.42. The van der Waals surface area contributed by atoms with Gasteiger partial charge in [-0.05, 0) is 12.7 Å². The Morgan fingerprint density at radius 2 is 2.14 bits per heavy atom. The van der Waals surface area contributed by atoms with E-state index >= 15 is 0 Å². The Bertz CT molecular complexity index is 180. The highest BCUT2D eigenvalue weighted by atomic mass is 32.2. The fraction of sp³-hybridized carbons (Fsp3) is 0.909. The lowest BCUT2D eigenvalue weighted by atomic mass is 10.1. The first-order chi connectivity index (χ1) is 6.86. The summed E-state index contributed by atoms with van der Waals surface area (Å²) in [6, 6.07) is 0.624. The van der Waals surface area contributed by atoms with Crippen LogP contribution >= 0.6 is 11.8 Å². The fourth-order valence-corrected chi connectivity index (χ4v) is 2.23. The number of hydrogen-bond donors (Lipinski definition) is 1. The maximum atomic E-state index is 4.42. The van der Waals surface area contributed by atoms with E-state index in [9.17, 15) is 0 Å². The second kappa shape index (κ2) is 7.16. The molecule has 0 fully saturated rings. The molecule has 1 aliphatic heterocycles. The van der Waals surface area contributed by atoms with Crippen LogP contribution in [0, 0.1) is 0 Å². The van der Waals surface area contributed by atoms with Crippen LogP contribution in [-0.4, -0.2) is 24.0 Å². The van der Waals surface area contributed by atoms with Gasteiger partial charge < -0.3 is 5.32 Å². The van der Waals surface area contributed by atoms with Gasteiger partial charge in [-0.3, -0.25) is 4.99 Å². The molecule has 0 aliphatic carbocycles. The molecule has 1 unspecified atom stereocenters. The largest absolute Gasteiger partial charge is 0.360 e. The van der Waals surface area contributed by atoms with Crippen molar-refractivity contribution < 1.29 is 0 Å². The average Bonchev–Trinajstić information content (AvgIpc) is 2.65. The molecule has 0 spiro atoms. The molecule has 1 atom stereocenters. The van der Waals surface area contributed by atoms with Crippen molar-refractivity contribution in [2.45, 2.75) is 51.5 Å². The van der Waals surface area contributed by atoms with Gasteiger partial charge in [0.05, 0.1) is 6.54 Å². The Morgan fingerprint density at radius 1 is 1.36 bits per heavy atom. The number of aliphatic imine (C=N–C) groups is 1. The number of rotatable bonds is 6. The van der Waals surface area contributed by atoms with Gasteiger partial charge >= 0.3 is 0 Å². The Hall–Kier alpha value is -0.180. The predicted molar refractivity (Wildman–Crippen MR) is 66.1 cm³/mol. The smallest absolute Gasteiger partial charge is 0.156 e. The highest BCUT2D eigenvalue weighted by Crippen LogP contribution is 2.12. The molecule has 0 saturated heterocycles. The standard InChI is InChI=1S/C11H22N2S/c1-3-4-5-6-7-8-10-9-12-11(13-10)14-2/h10H,3-9H2,1-2H3,(H,12,13). The number of unbranched alkanes of at least 4 members (excludes halogenated alkanes) is 4. The molecule has 2 nitrogen and oxygen atoms in total. The normalized spacial score (nSPS) is 20.7. The molecule has 1 aliphatic rings. The van der Waals surface area contributed by atoms with Crippen LogP contribution in [0.4, 0.5) is 0 Å². The lowest BCUT2D eigenvalue weighted by Gasteiger charge is -2.10. The zero-order valence-electron chi connectivity index (χ0n) is 9.38. The molecule has 82 valence electrons. The maximum Gasteiger partial charge on any atom is 0.156 e. The van der Waals surface area contributed by atoms with Crippen LogP contribution in [-0.2, 0) is 0 Å². The molecule has 0 aromatic carbocycles. The summed E-state index contributed by atoms with van der Waals surface area (Å²) in [5, 5.41) is 4.57. The van der Waals surface area contributed by atoms with E-state index in [1.165, 1.54) is 38.5 Å². The van der Waals surface area contributed by atoms with Crippen molar-refractivity contribution >= 4 is 16.9 Å². The highest BCUT2D eigenvalue weighted by Gasteiger charge is 2.15. The zero-order chi connectivity index (χ0) is 10.2. The molecule has 0 bridgehead atoms. The monoisotopic (exact) mass is 214 g/mol. The van der Waals surface area contributed by atoms with Crippen molar-refractivity contribution in [2.75, 3.05) is 12.8 Å². The first-order valence-electron chi connectivity index (χ1n) is 5.71. The van der Waals surface area contributed by atoms with E-state index < -0.39 is 0 Å². The quantitative estimate of drug-likeness (QED) is 0.687. The lowest BCUT2D eigenvalue weighted by molar-refractivity contribution is 0.534. The Labute approximate surface area is 92.0 Å². The summed E-state index contributed by atoms with van der Waals surface area (Å²) in [7, 11) is 0. The molecule has 0 radical (unpaired) electrons. The minimum Gasteiger partial charge on any atom is -0.360 e. The first-order valence-corrected chi connectivity index (χ1v) is 6.94. The van der Waals surface area contributed by atoms with Crippen LogP contribution in [0.5, 0.6) is 0 Å². The highest BCUT2D eigenvalue weighted by molar-refractivity contribution is 8.13. The van der Waals surface area contributed by atoms with Crippen molar-refractivity contribution in [3.8, 4) is 0 Å². The molecule has 1 N–H and O–H groups in total. The second-order valence-electron chi connectivity index (χ2n) is 3.89.